The highest BCUT2D eigenvalue weighted by molar-refractivity contribution is 6.42. The van der Waals surface area contributed by atoms with E-state index in [2.05, 4.69) is 5.32 Å². The zero-order valence-electron chi connectivity index (χ0n) is 10.9. The van der Waals surface area contributed by atoms with Crippen molar-refractivity contribution in [3.8, 4) is 5.75 Å². The van der Waals surface area contributed by atoms with Crippen LogP contribution in [0.4, 0.5) is 0 Å². The average molecular weight is 331 g/mol. The Morgan fingerprint density at radius 1 is 1.05 bits per heavy atom. The molecule has 0 aliphatic rings. The highest BCUT2D eigenvalue weighted by Crippen LogP contribution is 2.26. The van der Waals surface area contributed by atoms with Gasteiger partial charge in [-0.3, -0.25) is 0 Å². The Morgan fingerprint density at radius 2 is 1.85 bits per heavy atom. The molecule has 2 rings (SSSR count). The maximum absolute atomic E-state index is 6.03. The smallest absolute Gasteiger partial charge is 0.120 e. The fourth-order valence-electron chi connectivity index (χ4n) is 1.81. The van der Waals surface area contributed by atoms with Crippen molar-refractivity contribution in [1.82, 2.24) is 5.32 Å². The quantitative estimate of drug-likeness (QED) is 0.834. The molecule has 0 saturated carbocycles. The SMILES string of the molecule is CNC(COc1cccc(Cl)c1)c1ccc(Cl)c(Cl)c1. The molecule has 20 heavy (non-hydrogen) atoms. The van der Waals surface area contributed by atoms with Crippen molar-refractivity contribution in [2.45, 2.75) is 6.04 Å². The Labute approximate surface area is 133 Å². The van der Waals surface area contributed by atoms with Gasteiger partial charge in [-0.25, -0.2) is 0 Å². The highest BCUT2D eigenvalue weighted by Gasteiger charge is 2.12. The molecule has 5 heteroatoms. The van der Waals surface area contributed by atoms with Gasteiger partial charge in [0.1, 0.15) is 12.4 Å². The standard InChI is InChI=1S/C15H14Cl3NO/c1-19-15(10-5-6-13(17)14(18)7-10)9-20-12-4-2-3-11(16)8-12/h2-8,15,19H,9H2,1H3. The van der Waals surface area contributed by atoms with Gasteiger partial charge in [-0.2, -0.15) is 0 Å². The van der Waals surface area contributed by atoms with Gasteiger partial charge < -0.3 is 10.1 Å². The van der Waals surface area contributed by atoms with Crippen LogP contribution in [0.1, 0.15) is 11.6 Å². The second-order valence-corrected chi connectivity index (χ2v) is 5.53. The van der Waals surface area contributed by atoms with Crippen molar-refractivity contribution >= 4 is 34.8 Å². The Balaban J connectivity index is 2.07. The van der Waals surface area contributed by atoms with Crippen LogP contribution < -0.4 is 10.1 Å². The molecule has 0 fully saturated rings. The van der Waals surface area contributed by atoms with Crippen LogP contribution in [0.5, 0.6) is 5.75 Å². The van der Waals surface area contributed by atoms with Gasteiger partial charge in [0.05, 0.1) is 16.1 Å². The molecule has 0 amide bonds. The van der Waals surface area contributed by atoms with Gasteiger partial charge in [-0.1, -0.05) is 46.9 Å². The zero-order valence-corrected chi connectivity index (χ0v) is 13.1. The minimum Gasteiger partial charge on any atom is -0.492 e. The zero-order chi connectivity index (χ0) is 14.5. The second-order valence-electron chi connectivity index (χ2n) is 4.28. The molecule has 2 aromatic rings. The molecule has 2 nitrogen and oxygen atoms in total. The molecule has 1 atom stereocenters. The number of hydrogen-bond acceptors (Lipinski definition) is 2. The lowest BCUT2D eigenvalue weighted by atomic mass is 10.1. The van der Waals surface area contributed by atoms with Gasteiger partial charge in [0, 0.05) is 5.02 Å². The van der Waals surface area contributed by atoms with Crippen LogP contribution in [-0.2, 0) is 0 Å². The maximum atomic E-state index is 6.03. The highest BCUT2D eigenvalue weighted by atomic mass is 35.5. The van der Waals surface area contributed by atoms with Gasteiger partial charge in [-0.15, -0.1) is 0 Å². The third-order valence-corrected chi connectivity index (χ3v) is 3.88. The number of halogens is 3. The molecule has 106 valence electrons. The van der Waals surface area contributed by atoms with Crippen molar-refractivity contribution in [3.63, 3.8) is 0 Å². The maximum Gasteiger partial charge on any atom is 0.120 e. The van der Waals surface area contributed by atoms with Crippen molar-refractivity contribution in [1.29, 1.82) is 0 Å². The lowest BCUT2D eigenvalue weighted by Crippen LogP contribution is -2.23. The van der Waals surface area contributed by atoms with Gasteiger partial charge >= 0.3 is 0 Å². The van der Waals surface area contributed by atoms with E-state index >= 15 is 0 Å². The number of hydrogen-bond donors (Lipinski definition) is 1. The van der Waals surface area contributed by atoms with Crippen LogP contribution in [0, 0.1) is 0 Å². The van der Waals surface area contributed by atoms with Gasteiger partial charge in [0.2, 0.25) is 0 Å². The van der Waals surface area contributed by atoms with Crippen LogP contribution in [0.3, 0.4) is 0 Å². The molecule has 0 heterocycles. The molecule has 0 aliphatic carbocycles. The van der Waals surface area contributed by atoms with Crippen LogP contribution in [0.15, 0.2) is 42.5 Å². The normalized spacial score (nSPS) is 12.2. The van der Waals surface area contributed by atoms with Gasteiger partial charge in [0.15, 0.2) is 0 Å². The van der Waals surface area contributed by atoms with Crippen LogP contribution in [-0.4, -0.2) is 13.7 Å². The minimum absolute atomic E-state index is 0.0174. The van der Waals surface area contributed by atoms with Crippen LogP contribution in [0.25, 0.3) is 0 Å². The molecule has 0 bridgehead atoms. The van der Waals surface area contributed by atoms with E-state index < -0.39 is 0 Å². The summed E-state index contributed by atoms with van der Waals surface area (Å²) in [6.45, 7) is 0.467. The first kappa shape index (κ1) is 15.5. The first-order chi connectivity index (χ1) is 9.60. The number of rotatable bonds is 5. The lowest BCUT2D eigenvalue weighted by Gasteiger charge is -2.18. The van der Waals surface area contributed by atoms with E-state index in [1.807, 2.05) is 37.4 Å². The van der Waals surface area contributed by atoms with E-state index in [1.165, 1.54) is 0 Å². The number of benzene rings is 2. The molecule has 0 saturated heterocycles. The summed E-state index contributed by atoms with van der Waals surface area (Å²) in [5.41, 5.74) is 1.02. The van der Waals surface area contributed by atoms with Crippen molar-refractivity contribution in [2.24, 2.45) is 0 Å². The third-order valence-electron chi connectivity index (χ3n) is 2.91. The average Bonchev–Trinajstić information content (AvgIpc) is 2.43. The summed E-state index contributed by atoms with van der Waals surface area (Å²) in [5.74, 6) is 0.734. The second kappa shape index (κ2) is 7.19. The number of likely N-dealkylation sites (N-methyl/N-ethyl adjacent to an activating group) is 1. The Hall–Kier alpha value is -0.930. The predicted molar refractivity (Wildman–Crippen MR) is 85.2 cm³/mol. The summed E-state index contributed by atoms with van der Waals surface area (Å²) in [7, 11) is 1.87. The van der Waals surface area contributed by atoms with E-state index in [0.717, 1.165) is 11.3 Å². The summed E-state index contributed by atoms with van der Waals surface area (Å²) in [6, 6.07) is 12.9. The molecule has 0 radical (unpaired) electrons. The first-order valence-corrected chi connectivity index (χ1v) is 7.24. The number of ether oxygens (including phenoxy) is 1. The Morgan fingerprint density at radius 3 is 2.50 bits per heavy atom. The fourth-order valence-corrected chi connectivity index (χ4v) is 2.30. The van der Waals surface area contributed by atoms with E-state index in [0.29, 0.717) is 21.7 Å². The summed E-state index contributed by atoms with van der Waals surface area (Å²) in [4.78, 5) is 0. The van der Waals surface area contributed by atoms with E-state index in [1.54, 1.807) is 12.1 Å². The molecule has 1 N–H and O–H groups in total. The molecule has 1 unspecified atom stereocenters. The Kier molecular flexibility index (Phi) is 5.55. The molecular formula is C15H14Cl3NO. The minimum atomic E-state index is 0.0174. The molecule has 0 spiro atoms. The molecule has 2 aromatic carbocycles. The van der Waals surface area contributed by atoms with Gasteiger partial charge in [-0.05, 0) is 42.9 Å². The van der Waals surface area contributed by atoms with E-state index in [9.17, 15) is 0 Å². The van der Waals surface area contributed by atoms with E-state index in [-0.39, 0.29) is 6.04 Å². The number of nitrogens with one attached hydrogen (secondary N) is 1. The van der Waals surface area contributed by atoms with E-state index in [4.69, 9.17) is 39.5 Å². The van der Waals surface area contributed by atoms with Crippen LogP contribution >= 0.6 is 34.8 Å². The largest absolute Gasteiger partial charge is 0.492 e. The lowest BCUT2D eigenvalue weighted by molar-refractivity contribution is 0.273. The summed E-state index contributed by atoms with van der Waals surface area (Å²) in [5, 5.41) is 4.92. The van der Waals surface area contributed by atoms with Crippen molar-refractivity contribution in [2.75, 3.05) is 13.7 Å². The fraction of sp³-hybridized carbons (Fsp3) is 0.200. The van der Waals surface area contributed by atoms with Crippen molar-refractivity contribution < 1.29 is 4.74 Å². The Bertz CT molecular complexity index is 589. The van der Waals surface area contributed by atoms with Gasteiger partial charge in [0.25, 0.3) is 0 Å². The first-order valence-electron chi connectivity index (χ1n) is 6.10. The molecular weight excluding hydrogens is 317 g/mol. The van der Waals surface area contributed by atoms with Crippen molar-refractivity contribution in [3.05, 3.63) is 63.1 Å². The monoisotopic (exact) mass is 329 g/mol. The summed E-state index contributed by atoms with van der Waals surface area (Å²) >= 11 is 17.9. The summed E-state index contributed by atoms with van der Waals surface area (Å²) < 4.78 is 5.74. The topological polar surface area (TPSA) is 21.3 Å². The molecule has 0 aliphatic heterocycles. The molecule has 0 aromatic heterocycles. The predicted octanol–water partition coefficient (Wildman–Crippen LogP) is 4.99. The van der Waals surface area contributed by atoms with Crippen LogP contribution in [0.2, 0.25) is 15.1 Å². The third kappa shape index (κ3) is 4.03. The summed E-state index contributed by atoms with van der Waals surface area (Å²) in [6.07, 6.45) is 0.